The largest absolute Gasteiger partial charge is 1.00 e. The van der Waals surface area contributed by atoms with Gasteiger partial charge in [0.15, 0.2) is 13.1 Å². The van der Waals surface area contributed by atoms with Crippen LogP contribution in [0, 0.1) is 0 Å². The van der Waals surface area contributed by atoms with Gasteiger partial charge in [0.05, 0.1) is 0 Å². The van der Waals surface area contributed by atoms with E-state index in [1.807, 2.05) is 22.7 Å². The Kier molecular flexibility index (Phi) is 4.70. The Morgan fingerprint density at radius 1 is 1.17 bits per heavy atom. The predicted octanol–water partition coefficient (Wildman–Crippen LogP) is -2.38. The number of morpholine rings is 1. The van der Waals surface area contributed by atoms with Crippen molar-refractivity contribution in [2.45, 2.75) is 0 Å². The molecule has 1 aliphatic rings. The first-order chi connectivity index (χ1) is 5.47. The Morgan fingerprint density at radius 2 is 1.75 bits per heavy atom. The molecule has 0 N–H and O–H groups in total. The van der Waals surface area contributed by atoms with E-state index in [-0.39, 0.29) is 24.0 Å². The van der Waals surface area contributed by atoms with Crippen LogP contribution in [-0.2, 0) is 4.74 Å². The Bertz CT molecular complexity index is 269. The molecule has 1 fully saturated rings. The highest BCUT2D eigenvalue weighted by atomic mass is 127. The number of rotatable bonds is 0. The third kappa shape index (κ3) is 2.51. The Hall–Kier alpha value is 0.540. The van der Waals surface area contributed by atoms with Gasteiger partial charge < -0.3 is 28.7 Å². The summed E-state index contributed by atoms with van der Waals surface area (Å²) in [5, 5.41) is 4.27. The first-order valence-electron chi connectivity index (χ1n) is 3.65. The molecule has 0 bridgehead atoms. The summed E-state index contributed by atoms with van der Waals surface area (Å²) in [4.78, 5) is 0. The summed E-state index contributed by atoms with van der Waals surface area (Å²) in [6, 6.07) is 0. The summed E-state index contributed by atoms with van der Waals surface area (Å²) in [7, 11) is 0. The number of halogens is 1. The molecule has 0 aromatic carbocycles. The summed E-state index contributed by atoms with van der Waals surface area (Å²) in [5.41, 5.74) is 0. The molecule has 12 heavy (non-hydrogen) atoms. The lowest BCUT2D eigenvalue weighted by atomic mass is 10.5. The van der Waals surface area contributed by atoms with Crippen LogP contribution in [0.4, 0.5) is 0 Å². The lowest BCUT2D eigenvalue weighted by molar-refractivity contribution is -0.00000295. The van der Waals surface area contributed by atoms with Crippen LogP contribution in [0.15, 0.2) is 10.8 Å². The quantitative estimate of drug-likeness (QED) is 0.385. The van der Waals surface area contributed by atoms with Gasteiger partial charge in [0.2, 0.25) is 0 Å². The summed E-state index contributed by atoms with van der Waals surface area (Å²) < 4.78 is 9.06. The molecule has 5 heteroatoms. The predicted molar refractivity (Wildman–Crippen MR) is 48.0 cm³/mol. The van der Waals surface area contributed by atoms with Crippen LogP contribution in [0.3, 0.4) is 0 Å². The monoisotopic (exact) mass is 315 g/mol. The van der Waals surface area contributed by atoms with Crippen LogP contribution in [0.2, 0.25) is 0 Å². The van der Waals surface area contributed by atoms with E-state index in [4.69, 9.17) is 4.74 Å². The molecule has 1 aliphatic heterocycles. The van der Waals surface area contributed by atoms with E-state index in [0.717, 1.165) is 26.3 Å². The number of ether oxygens (including phenoxy) is 1. The molecule has 68 valence electrons. The maximum absolute atomic E-state index is 5.27. The molecule has 0 amide bonds. The highest BCUT2D eigenvalue weighted by molar-refractivity contribution is 7.24. The number of hydrogen-bond donors (Lipinski definition) is 0. The van der Waals surface area contributed by atoms with Crippen molar-refractivity contribution in [1.82, 2.24) is 4.58 Å². The normalized spacial score (nSPS) is 17.2. The standard InChI is InChI=1S/C7H10NOS2.HI/c1-3-9-4-2-8(1)7-10-5-6-11-7;/h5-6H,1-4H2;1H/q+1;/p-1. The average Bonchev–Trinajstić information content (AvgIpc) is 2.58. The Balaban J connectivity index is 0.000000720. The van der Waals surface area contributed by atoms with Gasteiger partial charge in [-0.05, 0) is 0 Å². The van der Waals surface area contributed by atoms with Gasteiger partial charge in [0, 0.05) is 10.8 Å². The van der Waals surface area contributed by atoms with Gasteiger partial charge in [-0.25, -0.2) is 4.58 Å². The molecule has 2 rings (SSSR count). The van der Waals surface area contributed by atoms with E-state index < -0.39 is 0 Å². The van der Waals surface area contributed by atoms with E-state index in [1.165, 1.54) is 3.98 Å². The molecule has 0 atom stereocenters. The highest BCUT2D eigenvalue weighted by Crippen LogP contribution is 1.94. The highest BCUT2D eigenvalue weighted by Gasteiger charge is 2.11. The first kappa shape index (κ1) is 10.6. The average molecular weight is 315 g/mol. The fraction of sp³-hybridized carbons (Fsp3) is 0.571. The van der Waals surface area contributed by atoms with Gasteiger partial charge in [0.25, 0.3) is 0 Å². The molecule has 1 aromatic rings. The van der Waals surface area contributed by atoms with Crippen molar-refractivity contribution in [3.05, 3.63) is 14.7 Å². The Labute approximate surface area is 96.5 Å². The van der Waals surface area contributed by atoms with Crippen LogP contribution in [-0.4, -0.2) is 26.3 Å². The van der Waals surface area contributed by atoms with Crippen LogP contribution >= 0.6 is 22.7 Å². The van der Waals surface area contributed by atoms with Crippen molar-refractivity contribution in [2.75, 3.05) is 26.3 Å². The molecule has 0 saturated carbocycles. The minimum absolute atomic E-state index is 0. The molecule has 2 nitrogen and oxygen atoms in total. The van der Waals surface area contributed by atoms with Gasteiger partial charge in [0.1, 0.15) is 13.2 Å². The second-order valence-corrected chi connectivity index (χ2v) is 4.42. The molecular formula is C7H10INOS2. The summed E-state index contributed by atoms with van der Waals surface area (Å²) >= 11 is 3.64. The summed E-state index contributed by atoms with van der Waals surface area (Å²) in [5.74, 6) is 0. The van der Waals surface area contributed by atoms with E-state index in [9.17, 15) is 0 Å². The number of nitrogens with zero attached hydrogens (tertiary/aromatic N) is 1. The maximum atomic E-state index is 5.27. The molecule has 1 aromatic heterocycles. The van der Waals surface area contributed by atoms with E-state index in [2.05, 4.69) is 15.3 Å². The van der Waals surface area contributed by atoms with Crippen LogP contribution < -0.4 is 32.5 Å². The molecule has 1 saturated heterocycles. The molecular weight excluding hydrogens is 305 g/mol. The van der Waals surface area contributed by atoms with Crippen molar-refractivity contribution in [2.24, 2.45) is 0 Å². The molecule has 0 spiro atoms. The minimum atomic E-state index is 0. The molecule has 0 aliphatic carbocycles. The number of hydrogen-bond acceptors (Lipinski definition) is 3. The van der Waals surface area contributed by atoms with Crippen LogP contribution in [0.1, 0.15) is 0 Å². The first-order valence-corrected chi connectivity index (χ1v) is 5.41. The molecule has 2 heterocycles. The zero-order chi connectivity index (χ0) is 7.52. The second-order valence-electron chi connectivity index (χ2n) is 2.37. The maximum Gasteiger partial charge on any atom is 0.314 e. The zero-order valence-electron chi connectivity index (χ0n) is 6.53. The van der Waals surface area contributed by atoms with Gasteiger partial charge in [-0.2, -0.15) is 0 Å². The van der Waals surface area contributed by atoms with Gasteiger partial charge in [-0.3, -0.25) is 0 Å². The third-order valence-corrected chi connectivity index (χ3v) is 3.88. The fourth-order valence-corrected chi connectivity index (χ4v) is 2.99. The summed E-state index contributed by atoms with van der Waals surface area (Å²) in [6.45, 7) is 3.86. The fourth-order valence-electron chi connectivity index (χ4n) is 1.09. The van der Waals surface area contributed by atoms with Crippen molar-refractivity contribution < 1.29 is 28.7 Å². The van der Waals surface area contributed by atoms with E-state index in [0.29, 0.717) is 0 Å². The summed E-state index contributed by atoms with van der Waals surface area (Å²) in [6.07, 6.45) is 0. The third-order valence-electron chi connectivity index (χ3n) is 1.66. The van der Waals surface area contributed by atoms with Crippen LogP contribution in [0.5, 0.6) is 0 Å². The van der Waals surface area contributed by atoms with Crippen LogP contribution in [0.25, 0.3) is 0 Å². The van der Waals surface area contributed by atoms with Gasteiger partial charge >= 0.3 is 3.98 Å². The van der Waals surface area contributed by atoms with E-state index in [1.54, 1.807) is 0 Å². The lowest BCUT2D eigenvalue weighted by Gasteiger charge is -2.08. The van der Waals surface area contributed by atoms with Gasteiger partial charge in [-0.15, -0.1) is 0 Å². The van der Waals surface area contributed by atoms with Gasteiger partial charge in [-0.1, -0.05) is 22.7 Å². The molecule has 0 radical (unpaired) electrons. The van der Waals surface area contributed by atoms with Crippen molar-refractivity contribution in [3.63, 3.8) is 0 Å². The zero-order valence-corrected chi connectivity index (χ0v) is 10.3. The van der Waals surface area contributed by atoms with Crippen molar-refractivity contribution in [3.8, 4) is 0 Å². The molecule has 0 unspecified atom stereocenters. The van der Waals surface area contributed by atoms with E-state index >= 15 is 0 Å². The SMILES string of the molecule is [I-].c1csc(=[N+]2CCOCC2)s1. The van der Waals surface area contributed by atoms with Crippen molar-refractivity contribution in [1.29, 1.82) is 0 Å². The topological polar surface area (TPSA) is 12.2 Å². The minimum Gasteiger partial charge on any atom is -1.00 e. The Morgan fingerprint density at radius 3 is 2.33 bits per heavy atom. The van der Waals surface area contributed by atoms with Crippen molar-refractivity contribution >= 4 is 22.7 Å². The lowest BCUT2D eigenvalue weighted by Crippen LogP contribution is -3.00. The smallest absolute Gasteiger partial charge is 0.314 e. The second kappa shape index (κ2) is 5.31.